The second-order valence-electron chi connectivity index (χ2n) is 5.81. The van der Waals surface area contributed by atoms with E-state index in [9.17, 15) is 9.18 Å². The van der Waals surface area contributed by atoms with Gasteiger partial charge >= 0.3 is 0 Å². The molecule has 1 N–H and O–H groups in total. The third-order valence-electron chi connectivity index (χ3n) is 4.04. The first-order chi connectivity index (χ1) is 9.54. The van der Waals surface area contributed by atoms with Crippen LogP contribution in [0.15, 0.2) is 18.2 Å². The zero-order valence-corrected chi connectivity index (χ0v) is 12.3. The molecule has 1 aromatic rings. The molecule has 1 aliphatic rings. The quantitative estimate of drug-likeness (QED) is 0.917. The summed E-state index contributed by atoms with van der Waals surface area (Å²) in [5.74, 6) is 0.341. The van der Waals surface area contributed by atoms with Crippen molar-refractivity contribution in [3.8, 4) is 0 Å². The summed E-state index contributed by atoms with van der Waals surface area (Å²) in [5, 5.41) is 2.88. The van der Waals surface area contributed by atoms with Crippen LogP contribution in [0.3, 0.4) is 0 Å². The smallest absolute Gasteiger partial charge is 0.220 e. The molecular weight excluding hydrogens is 255 g/mol. The maximum absolute atomic E-state index is 13.4. The molecule has 1 heterocycles. The summed E-state index contributed by atoms with van der Waals surface area (Å²) in [5.41, 5.74) is 1.44. The monoisotopic (exact) mass is 278 g/mol. The lowest BCUT2D eigenvalue weighted by Crippen LogP contribution is -2.33. The lowest BCUT2D eigenvalue weighted by Gasteiger charge is -2.28. The Labute approximate surface area is 120 Å². The predicted molar refractivity (Wildman–Crippen MR) is 77.8 cm³/mol. The van der Waals surface area contributed by atoms with Crippen molar-refractivity contribution in [2.24, 2.45) is 5.92 Å². The van der Waals surface area contributed by atoms with Crippen LogP contribution in [-0.2, 0) is 11.3 Å². The van der Waals surface area contributed by atoms with Crippen LogP contribution in [0.25, 0.3) is 0 Å². The van der Waals surface area contributed by atoms with E-state index in [2.05, 4.69) is 17.3 Å². The van der Waals surface area contributed by atoms with E-state index in [1.165, 1.54) is 6.07 Å². The van der Waals surface area contributed by atoms with Crippen LogP contribution < -0.4 is 5.32 Å². The minimum Gasteiger partial charge on any atom is -0.352 e. The van der Waals surface area contributed by atoms with Crippen LogP contribution in [0, 0.1) is 18.7 Å². The van der Waals surface area contributed by atoms with Crippen LogP contribution in [-0.4, -0.2) is 30.9 Å². The summed E-state index contributed by atoms with van der Waals surface area (Å²) in [6.45, 7) is 4.28. The molecule has 4 heteroatoms. The first-order valence-electron chi connectivity index (χ1n) is 7.25. The van der Waals surface area contributed by atoms with Gasteiger partial charge in [0, 0.05) is 13.0 Å². The number of carbonyl (C=O) groups excluding carboxylic acids is 1. The van der Waals surface area contributed by atoms with E-state index in [-0.39, 0.29) is 11.7 Å². The number of amides is 1. The summed E-state index contributed by atoms with van der Waals surface area (Å²) in [6.07, 6.45) is 2.76. The van der Waals surface area contributed by atoms with Gasteiger partial charge in [-0.05, 0) is 63.0 Å². The first-order valence-corrected chi connectivity index (χ1v) is 7.25. The average Bonchev–Trinajstić information content (AvgIpc) is 2.43. The molecular formula is C16H23FN2O. The van der Waals surface area contributed by atoms with Crippen molar-refractivity contribution in [2.45, 2.75) is 32.7 Å². The molecule has 0 aromatic heterocycles. The molecule has 3 nitrogen and oxygen atoms in total. The number of piperidine rings is 1. The van der Waals surface area contributed by atoms with Gasteiger partial charge in [0.25, 0.3) is 0 Å². The highest BCUT2D eigenvalue weighted by molar-refractivity contribution is 5.76. The summed E-state index contributed by atoms with van der Waals surface area (Å²) in [6, 6.07) is 5.09. The van der Waals surface area contributed by atoms with Gasteiger partial charge in [0.1, 0.15) is 5.82 Å². The third kappa shape index (κ3) is 4.30. The van der Waals surface area contributed by atoms with Gasteiger partial charge in [0.05, 0.1) is 0 Å². The lowest BCUT2D eigenvalue weighted by atomic mass is 9.93. The van der Waals surface area contributed by atoms with Gasteiger partial charge < -0.3 is 10.2 Å². The predicted octanol–water partition coefficient (Wildman–Crippen LogP) is 2.48. The summed E-state index contributed by atoms with van der Waals surface area (Å²) >= 11 is 0. The molecule has 0 unspecified atom stereocenters. The van der Waals surface area contributed by atoms with Crippen molar-refractivity contribution in [2.75, 3.05) is 20.1 Å². The Morgan fingerprint density at radius 3 is 2.75 bits per heavy atom. The van der Waals surface area contributed by atoms with Crippen molar-refractivity contribution in [1.29, 1.82) is 0 Å². The first kappa shape index (κ1) is 15.0. The molecule has 110 valence electrons. The van der Waals surface area contributed by atoms with E-state index in [0.717, 1.165) is 31.5 Å². The van der Waals surface area contributed by atoms with Crippen molar-refractivity contribution in [3.05, 3.63) is 35.1 Å². The fourth-order valence-electron chi connectivity index (χ4n) is 2.55. The zero-order valence-electron chi connectivity index (χ0n) is 12.3. The molecule has 1 aliphatic heterocycles. The van der Waals surface area contributed by atoms with Crippen LogP contribution in [0.1, 0.15) is 30.4 Å². The third-order valence-corrected chi connectivity index (χ3v) is 4.04. The fourth-order valence-corrected chi connectivity index (χ4v) is 2.55. The Hall–Kier alpha value is -1.42. The Bertz CT molecular complexity index is 468. The molecule has 0 spiro atoms. The van der Waals surface area contributed by atoms with Gasteiger partial charge in [0.2, 0.25) is 5.91 Å². The number of nitrogens with one attached hydrogen (secondary N) is 1. The number of benzene rings is 1. The van der Waals surface area contributed by atoms with Gasteiger partial charge in [-0.3, -0.25) is 4.79 Å². The van der Waals surface area contributed by atoms with Crippen molar-refractivity contribution >= 4 is 5.91 Å². The van der Waals surface area contributed by atoms with Gasteiger partial charge in [-0.2, -0.15) is 0 Å². The van der Waals surface area contributed by atoms with Crippen LogP contribution >= 0.6 is 0 Å². The SMILES string of the molecule is Cc1ccc(CNC(=O)CC2CCN(C)CC2)cc1F. The van der Waals surface area contributed by atoms with E-state index < -0.39 is 0 Å². The molecule has 2 rings (SSSR count). The second kappa shape index (κ2) is 6.84. The van der Waals surface area contributed by atoms with E-state index in [4.69, 9.17) is 0 Å². The fraction of sp³-hybridized carbons (Fsp3) is 0.562. The molecule has 0 saturated carbocycles. The Morgan fingerprint density at radius 2 is 2.10 bits per heavy atom. The highest BCUT2D eigenvalue weighted by Gasteiger charge is 2.19. The van der Waals surface area contributed by atoms with Gasteiger partial charge in [-0.25, -0.2) is 4.39 Å². The minimum absolute atomic E-state index is 0.0699. The topological polar surface area (TPSA) is 32.3 Å². The van der Waals surface area contributed by atoms with E-state index >= 15 is 0 Å². The Morgan fingerprint density at radius 1 is 1.40 bits per heavy atom. The molecule has 0 atom stereocenters. The van der Waals surface area contributed by atoms with Gasteiger partial charge in [-0.1, -0.05) is 12.1 Å². The van der Waals surface area contributed by atoms with Crippen molar-refractivity contribution < 1.29 is 9.18 Å². The molecule has 0 radical (unpaired) electrons. The second-order valence-corrected chi connectivity index (χ2v) is 5.81. The van der Waals surface area contributed by atoms with Gasteiger partial charge in [-0.15, -0.1) is 0 Å². The van der Waals surface area contributed by atoms with Gasteiger partial charge in [0.15, 0.2) is 0 Å². The zero-order chi connectivity index (χ0) is 14.5. The number of halogens is 1. The maximum atomic E-state index is 13.4. The highest BCUT2D eigenvalue weighted by atomic mass is 19.1. The number of nitrogens with zero attached hydrogens (tertiary/aromatic N) is 1. The van der Waals surface area contributed by atoms with E-state index in [1.54, 1.807) is 13.0 Å². The molecule has 1 amide bonds. The number of rotatable bonds is 4. The summed E-state index contributed by atoms with van der Waals surface area (Å²) in [4.78, 5) is 14.2. The number of hydrogen-bond donors (Lipinski definition) is 1. The summed E-state index contributed by atoms with van der Waals surface area (Å²) in [7, 11) is 2.11. The number of likely N-dealkylation sites (tertiary alicyclic amines) is 1. The Balaban J connectivity index is 1.76. The van der Waals surface area contributed by atoms with Crippen LogP contribution in [0.4, 0.5) is 4.39 Å². The summed E-state index contributed by atoms with van der Waals surface area (Å²) < 4.78 is 13.4. The normalized spacial score (nSPS) is 17.1. The Kier molecular flexibility index (Phi) is 5.12. The molecule has 1 fully saturated rings. The van der Waals surface area contributed by atoms with E-state index in [1.807, 2.05) is 6.07 Å². The average molecular weight is 278 g/mol. The molecule has 20 heavy (non-hydrogen) atoms. The molecule has 1 aromatic carbocycles. The van der Waals surface area contributed by atoms with Crippen LogP contribution in [0.2, 0.25) is 0 Å². The standard InChI is InChI=1S/C16H23FN2O/c1-12-3-4-14(9-15(12)17)11-18-16(20)10-13-5-7-19(2)8-6-13/h3-4,9,13H,5-8,10-11H2,1-2H3,(H,18,20). The maximum Gasteiger partial charge on any atom is 0.220 e. The molecule has 1 saturated heterocycles. The number of aryl methyl sites for hydroxylation is 1. The number of hydrogen-bond acceptors (Lipinski definition) is 2. The van der Waals surface area contributed by atoms with E-state index in [0.29, 0.717) is 24.4 Å². The molecule has 0 bridgehead atoms. The lowest BCUT2D eigenvalue weighted by molar-refractivity contribution is -0.122. The van der Waals surface area contributed by atoms with Crippen molar-refractivity contribution in [1.82, 2.24) is 10.2 Å². The van der Waals surface area contributed by atoms with Crippen LogP contribution in [0.5, 0.6) is 0 Å². The number of carbonyl (C=O) groups is 1. The minimum atomic E-state index is -0.216. The highest BCUT2D eigenvalue weighted by Crippen LogP contribution is 2.19. The largest absolute Gasteiger partial charge is 0.352 e. The molecule has 0 aliphatic carbocycles. The van der Waals surface area contributed by atoms with Crippen molar-refractivity contribution in [3.63, 3.8) is 0 Å².